The Kier molecular flexibility index (Phi) is 2.65. The molecule has 1 heterocycles. The van der Waals surface area contributed by atoms with Crippen molar-refractivity contribution in [2.75, 3.05) is 13.1 Å². The van der Waals surface area contributed by atoms with Crippen LogP contribution in [0, 0.1) is 0 Å². The summed E-state index contributed by atoms with van der Waals surface area (Å²) in [6.45, 7) is 5.72. The Hall–Kier alpha value is 0.320. The number of halogens is 1. The standard InChI is InChI=1S/C7H15FNP/c1-5(2)9-3-6(8)7(10)4-9/h5-7H,3-4,10H2,1-2H3. The van der Waals surface area contributed by atoms with Crippen molar-refractivity contribution in [2.24, 2.45) is 0 Å². The average Bonchev–Trinajstić information content (AvgIpc) is 2.13. The molecule has 1 nitrogen and oxygen atoms in total. The molecule has 0 radical (unpaired) electrons. The number of alkyl halides is 1. The predicted octanol–water partition coefficient (Wildman–Crippen LogP) is 1.29. The van der Waals surface area contributed by atoms with Gasteiger partial charge in [0.2, 0.25) is 0 Å². The largest absolute Gasteiger partial charge is 0.297 e. The summed E-state index contributed by atoms with van der Waals surface area (Å²) in [7, 11) is 2.56. The zero-order chi connectivity index (χ0) is 7.72. The van der Waals surface area contributed by atoms with Gasteiger partial charge in [-0.1, -0.05) is 0 Å². The second-order valence-electron chi connectivity index (χ2n) is 3.23. The highest BCUT2D eigenvalue weighted by Gasteiger charge is 2.30. The molecule has 0 saturated carbocycles. The number of hydrogen-bond acceptors (Lipinski definition) is 1. The lowest BCUT2D eigenvalue weighted by molar-refractivity contribution is 0.246. The molecule has 60 valence electrons. The Labute approximate surface area is 64.2 Å². The van der Waals surface area contributed by atoms with Crippen molar-refractivity contribution in [3.63, 3.8) is 0 Å². The van der Waals surface area contributed by atoms with E-state index in [0.29, 0.717) is 12.6 Å². The molecule has 0 aromatic carbocycles. The average molecular weight is 163 g/mol. The minimum atomic E-state index is -0.632. The van der Waals surface area contributed by atoms with E-state index < -0.39 is 6.17 Å². The van der Waals surface area contributed by atoms with Crippen LogP contribution in [0.15, 0.2) is 0 Å². The van der Waals surface area contributed by atoms with Crippen LogP contribution in [-0.2, 0) is 0 Å². The normalized spacial score (nSPS) is 35.7. The summed E-state index contributed by atoms with van der Waals surface area (Å²) in [5.41, 5.74) is 0.155. The lowest BCUT2D eigenvalue weighted by atomic mass is 10.3. The van der Waals surface area contributed by atoms with Gasteiger partial charge in [0, 0.05) is 24.8 Å². The molecular weight excluding hydrogens is 148 g/mol. The molecule has 0 aromatic rings. The fourth-order valence-electron chi connectivity index (χ4n) is 1.24. The monoisotopic (exact) mass is 163 g/mol. The first-order valence-corrected chi connectivity index (χ1v) is 4.41. The number of hydrogen-bond donors (Lipinski definition) is 0. The molecule has 0 spiro atoms. The second-order valence-corrected chi connectivity index (χ2v) is 4.08. The summed E-state index contributed by atoms with van der Waals surface area (Å²) >= 11 is 0. The van der Waals surface area contributed by atoms with Gasteiger partial charge in [0.05, 0.1) is 0 Å². The van der Waals surface area contributed by atoms with Crippen LogP contribution in [0.3, 0.4) is 0 Å². The van der Waals surface area contributed by atoms with Crippen molar-refractivity contribution in [2.45, 2.75) is 31.7 Å². The van der Waals surface area contributed by atoms with E-state index in [1.54, 1.807) is 0 Å². The van der Waals surface area contributed by atoms with Gasteiger partial charge in [0.1, 0.15) is 6.17 Å². The molecule has 3 unspecified atom stereocenters. The van der Waals surface area contributed by atoms with Crippen LogP contribution in [0.5, 0.6) is 0 Å². The third-order valence-electron chi connectivity index (χ3n) is 2.05. The predicted molar refractivity (Wildman–Crippen MR) is 45.1 cm³/mol. The third-order valence-corrected chi connectivity index (χ3v) is 2.68. The van der Waals surface area contributed by atoms with Crippen LogP contribution in [0.4, 0.5) is 4.39 Å². The topological polar surface area (TPSA) is 3.24 Å². The van der Waals surface area contributed by atoms with E-state index in [4.69, 9.17) is 0 Å². The second kappa shape index (κ2) is 3.15. The summed E-state index contributed by atoms with van der Waals surface area (Å²) in [4.78, 5) is 2.17. The van der Waals surface area contributed by atoms with Crippen molar-refractivity contribution in [3.8, 4) is 0 Å². The van der Waals surface area contributed by atoms with Gasteiger partial charge in [-0.3, -0.25) is 4.90 Å². The summed E-state index contributed by atoms with van der Waals surface area (Å²) in [6, 6.07) is 0.490. The summed E-state index contributed by atoms with van der Waals surface area (Å²) in [5, 5.41) is 0. The van der Waals surface area contributed by atoms with Crippen molar-refractivity contribution in [3.05, 3.63) is 0 Å². The first kappa shape index (κ1) is 8.42. The molecule has 1 aliphatic rings. The van der Waals surface area contributed by atoms with Crippen molar-refractivity contribution < 1.29 is 4.39 Å². The highest BCUT2D eigenvalue weighted by Crippen LogP contribution is 2.21. The quantitative estimate of drug-likeness (QED) is 0.526. The molecule has 0 amide bonds. The summed E-state index contributed by atoms with van der Waals surface area (Å²) in [6.07, 6.45) is -0.632. The van der Waals surface area contributed by atoms with Crippen LogP contribution >= 0.6 is 9.24 Å². The minimum absolute atomic E-state index is 0.155. The Morgan fingerprint density at radius 1 is 1.50 bits per heavy atom. The summed E-state index contributed by atoms with van der Waals surface area (Å²) in [5.74, 6) is 0. The molecule has 10 heavy (non-hydrogen) atoms. The van der Waals surface area contributed by atoms with Crippen LogP contribution in [-0.4, -0.2) is 35.9 Å². The van der Waals surface area contributed by atoms with E-state index in [9.17, 15) is 4.39 Å². The lowest BCUT2D eigenvalue weighted by Crippen LogP contribution is -2.28. The highest BCUT2D eigenvalue weighted by molar-refractivity contribution is 7.17. The fraction of sp³-hybridized carbons (Fsp3) is 1.00. The number of likely N-dealkylation sites (tertiary alicyclic amines) is 1. The molecule has 1 saturated heterocycles. The zero-order valence-corrected chi connectivity index (χ0v) is 7.70. The van der Waals surface area contributed by atoms with Crippen LogP contribution in [0.2, 0.25) is 0 Å². The molecule has 0 aliphatic carbocycles. The van der Waals surface area contributed by atoms with Gasteiger partial charge in [-0.15, -0.1) is 9.24 Å². The maximum atomic E-state index is 12.9. The molecule has 0 bridgehead atoms. The van der Waals surface area contributed by atoms with E-state index in [1.807, 2.05) is 0 Å². The van der Waals surface area contributed by atoms with E-state index in [0.717, 1.165) is 6.54 Å². The lowest BCUT2D eigenvalue weighted by Gasteiger charge is -2.18. The zero-order valence-electron chi connectivity index (χ0n) is 6.55. The Bertz CT molecular complexity index is 108. The minimum Gasteiger partial charge on any atom is -0.297 e. The van der Waals surface area contributed by atoms with Crippen molar-refractivity contribution in [1.82, 2.24) is 4.90 Å². The van der Waals surface area contributed by atoms with Crippen LogP contribution in [0.1, 0.15) is 13.8 Å². The Balaban J connectivity index is 2.41. The van der Waals surface area contributed by atoms with Gasteiger partial charge in [-0.25, -0.2) is 4.39 Å². The molecule has 1 aliphatic heterocycles. The number of rotatable bonds is 1. The van der Waals surface area contributed by atoms with E-state index in [2.05, 4.69) is 28.0 Å². The van der Waals surface area contributed by atoms with Crippen LogP contribution in [0.25, 0.3) is 0 Å². The molecule has 3 atom stereocenters. The third kappa shape index (κ3) is 1.67. The fourth-order valence-corrected chi connectivity index (χ4v) is 1.63. The SMILES string of the molecule is CC(C)N1CC(F)C(P)C1. The molecule has 0 N–H and O–H groups in total. The van der Waals surface area contributed by atoms with Gasteiger partial charge >= 0.3 is 0 Å². The molecular formula is C7H15FNP. The van der Waals surface area contributed by atoms with Gasteiger partial charge in [-0.05, 0) is 13.8 Å². The van der Waals surface area contributed by atoms with Crippen molar-refractivity contribution >= 4 is 9.24 Å². The van der Waals surface area contributed by atoms with E-state index in [1.165, 1.54) is 0 Å². The summed E-state index contributed by atoms with van der Waals surface area (Å²) < 4.78 is 12.9. The van der Waals surface area contributed by atoms with Gasteiger partial charge in [0.15, 0.2) is 0 Å². The Morgan fingerprint density at radius 2 is 2.10 bits per heavy atom. The van der Waals surface area contributed by atoms with Gasteiger partial charge in [-0.2, -0.15) is 0 Å². The van der Waals surface area contributed by atoms with Crippen LogP contribution < -0.4 is 0 Å². The number of nitrogens with zero attached hydrogens (tertiary/aromatic N) is 1. The molecule has 0 aromatic heterocycles. The van der Waals surface area contributed by atoms with E-state index in [-0.39, 0.29) is 5.66 Å². The van der Waals surface area contributed by atoms with Crippen molar-refractivity contribution in [1.29, 1.82) is 0 Å². The smallest absolute Gasteiger partial charge is 0.120 e. The molecule has 1 fully saturated rings. The van der Waals surface area contributed by atoms with Gasteiger partial charge in [0.25, 0.3) is 0 Å². The maximum Gasteiger partial charge on any atom is 0.120 e. The maximum absolute atomic E-state index is 12.9. The molecule has 1 rings (SSSR count). The van der Waals surface area contributed by atoms with E-state index >= 15 is 0 Å². The highest BCUT2D eigenvalue weighted by atomic mass is 31.0. The first-order chi connectivity index (χ1) is 4.61. The Morgan fingerprint density at radius 3 is 2.30 bits per heavy atom. The molecule has 3 heteroatoms. The van der Waals surface area contributed by atoms with Gasteiger partial charge < -0.3 is 0 Å². The first-order valence-electron chi connectivity index (χ1n) is 3.75.